The van der Waals surface area contributed by atoms with E-state index in [-0.39, 0.29) is 5.78 Å². The van der Waals surface area contributed by atoms with E-state index in [1.165, 1.54) is 0 Å². The van der Waals surface area contributed by atoms with Crippen LogP contribution in [0.5, 0.6) is 5.75 Å². The van der Waals surface area contributed by atoms with Crippen LogP contribution in [0.2, 0.25) is 0 Å². The van der Waals surface area contributed by atoms with Gasteiger partial charge in [0.05, 0.1) is 7.11 Å². The summed E-state index contributed by atoms with van der Waals surface area (Å²) in [5.41, 5.74) is 3.61. The fourth-order valence-electron chi connectivity index (χ4n) is 2.72. The van der Waals surface area contributed by atoms with Gasteiger partial charge in [-0.3, -0.25) is 4.79 Å². The van der Waals surface area contributed by atoms with Gasteiger partial charge >= 0.3 is 0 Å². The van der Waals surface area contributed by atoms with Crippen molar-refractivity contribution in [3.05, 3.63) is 102 Å². The molecule has 0 atom stereocenters. The Hall–Kier alpha value is -3.13. The third kappa shape index (κ3) is 4.45. The molecule has 0 N–H and O–H groups in total. The van der Waals surface area contributed by atoms with Crippen LogP contribution in [0.15, 0.2) is 84.9 Å². The molecule has 0 aliphatic carbocycles. The van der Waals surface area contributed by atoms with Gasteiger partial charge in [-0.1, -0.05) is 72.8 Å². The zero-order chi connectivity index (χ0) is 17.5. The fraction of sp³-hybridized carbons (Fsp3) is 0.0870. The molecule has 0 aliphatic rings. The van der Waals surface area contributed by atoms with Crippen LogP contribution in [-0.2, 0) is 11.2 Å². The molecule has 0 radical (unpaired) electrons. The predicted molar refractivity (Wildman–Crippen MR) is 102 cm³/mol. The summed E-state index contributed by atoms with van der Waals surface area (Å²) in [4.78, 5) is 13.0. The Labute approximate surface area is 148 Å². The molecule has 2 nitrogen and oxygen atoms in total. The average molecular weight is 328 g/mol. The van der Waals surface area contributed by atoms with E-state index in [4.69, 9.17) is 4.74 Å². The van der Waals surface area contributed by atoms with Crippen LogP contribution in [0, 0.1) is 0 Å². The molecule has 0 saturated heterocycles. The lowest BCUT2D eigenvalue weighted by molar-refractivity contribution is -0.113. The lowest BCUT2D eigenvalue weighted by Crippen LogP contribution is -2.06. The van der Waals surface area contributed by atoms with E-state index >= 15 is 0 Å². The van der Waals surface area contributed by atoms with Crippen molar-refractivity contribution in [2.75, 3.05) is 7.11 Å². The SMILES string of the molecule is COc1cccc(CC(=O)C(=Cc2ccccc2)c2ccccc2)c1. The topological polar surface area (TPSA) is 26.3 Å². The van der Waals surface area contributed by atoms with Crippen LogP contribution in [0.25, 0.3) is 11.6 Å². The van der Waals surface area contributed by atoms with Gasteiger partial charge in [0.2, 0.25) is 0 Å². The van der Waals surface area contributed by atoms with Gasteiger partial charge in [-0.05, 0) is 34.9 Å². The van der Waals surface area contributed by atoms with Crippen LogP contribution < -0.4 is 4.74 Å². The molecule has 0 aliphatic heterocycles. The molecule has 0 spiro atoms. The van der Waals surface area contributed by atoms with Crippen molar-refractivity contribution in [3.8, 4) is 5.75 Å². The number of hydrogen-bond acceptors (Lipinski definition) is 2. The summed E-state index contributed by atoms with van der Waals surface area (Å²) >= 11 is 0. The summed E-state index contributed by atoms with van der Waals surface area (Å²) in [7, 11) is 1.63. The van der Waals surface area contributed by atoms with E-state index in [0.29, 0.717) is 6.42 Å². The van der Waals surface area contributed by atoms with Crippen molar-refractivity contribution in [2.24, 2.45) is 0 Å². The summed E-state index contributed by atoms with van der Waals surface area (Å²) in [5, 5.41) is 0. The third-order valence-electron chi connectivity index (χ3n) is 3.99. The van der Waals surface area contributed by atoms with Gasteiger partial charge in [-0.25, -0.2) is 0 Å². The summed E-state index contributed by atoms with van der Waals surface area (Å²) < 4.78 is 5.25. The van der Waals surface area contributed by atoms with Gasteiger partial charge in [-0.15, -0.1) is 0 Å². The molecule has 0 unspecified atom stereocenters. The van der Waals surface area contributed by atoms with Crippen molar-refractivity contribution in [2.45, 2.75) is 6.42 Å². The van der Waals surface area contributed by atoms with Gasteiger partial charge in [0.25, 0.3) is 0 Å². The number of ketones is 1. The highest BCUT2D eigenvalue weighted by Gasteiger charge is 2.13. The van der Waals surface area contributed by atoms with Gasteiger partial charge in [0.15, 0.2) is 5.78 Å². The van der Waals surface area contributed by atoms with E-state index in [0.717, 1.165) is 28.0 Å². The predicted octanol–water partition coefficient (Wildman–Crippen LogP) is 5.05. The zero-order valence-electron chi connectivity index (χ0n) is 14.2. The monoisotopic (exact) mass is 328 g/mol. The van der Waals surface area contributed by atoms with E-state index in [1.807, 2.05) is 91.0 Å². The first-order chi connectivity index (χ1) is 12.3. The van der Waals surface area contributed by atoms with E-state index in [1.54, 1.807) is 7.11 Å². The minimum Gasteiger partial charge on any atom is -0.497 e. The lowest BCUT2D eigenvalue weighted by atomic mass is 9.95. The number of ether oxygens (including phenoxy) is 1. The second-order valence-corrected chi connectivity index (χ2v) is 5.79. The maximum Gasteiger partial charge on any atom is 0.167 e. The van der Waals surface area contributed by atoms with Crippen LogP contribution in [0.4, 0.5) is 0 Å². The van der Waals surface area contributed by atoms with Crippen LogP contribution in [0.3, 0.4) is 0 Å². The highest BCUT2D eigenvalue weighted by Crippen LogP contribution is 2.22. The lowest BCUT2D eigenvalue weighted by Gasteiger charge is -2.09. The molecule has 0 aromatic heterocycles. The Bertz CT molecular complexity index is 865. The second-order valence-electron chi connectivity index (χ2n) is 5.79. The number of carbonyl (C=O) groups excluding carboxylic acids is 1. The number of hydrogen-bond donors (Lipinski definition) is 0. The van der Waals surface area contributed by atoms with Crippen molar-refractivity contribution < 1.29 is 9.53 Å². The smallest absolute Gasteiger partial charge is 0.167 e. The zero-order valence-corrected chi connectivity index (χ0v) is 14.2. The molecule has 3 rings (SSSR count). The normalized spacial score (nSPS) is 11.2. The molecule has 124 valence electrons. The van der Waals surface area contributed by atoms with Crippen LogP contribution in [-0.4, -0.2) is 12.9 Å². The summed E-state index contributed by atoms with van der Waals surface area (Å²) in [6.45, 7) is 0. The van der Waals surface area contributed by atoms with Crippen molar-refractivity contribution in [1.82, 2.24) is 0 Å². The standard InChI is InChI=1S/C23H20O2/c1-25-21-14-8-11-19(15-21)17-23(24)22(20-12-6-3-7-13-20)16-18-9-4-2-5-10-18/h2-16H,17H2,1H3. The van der Waals surface area contributed by atoms with Gasteiger partial charge in [0.1, 0.15) is 5.75 Å². The Morgan fingerprint density at radius 2 is 1.56 bits per heavy atom. The van der Waals surface area contributed by atoms with Gasteiger partial charge in [0, 0.05) is 12.0 Å². The molecule has 0 bridgehead atoms. The van der Waals surface area contributed by atoms with Gasteiger partial charge < -0.3 is 4.74 Å². The molecule has 3 aromatic rings. The minimum atomic E-state index is 0.0864. The maximum absolute atomic E-state index is 13.0. The number of rotatable bonds is 6. The second kappa shape index (κ2) is 8.11. The summed E-state index contributed by atoms with van der Waals surface area (Å²) in [5.74, 6) is 0.849. The Balaban J connectivity index is 1.94. The van der Waals surface area contributed by atoms with Gasteiger partial charge in [-0.2, -0.15) is 0 Å². The molecule has 0 heterocycles. The van der Waals surface area contributed by atoms with Crippen molar-refractivity contribution in [3.63, 3.8) is 0 Å². The molecule has 2 heteroatoms. The first-order valence-corrected chi connectivity index (χ1v) is 8.24. The highest BCUT2D eigenvalue weighted by molar-refractivity contribution is 6.25. The highest BCUT2D eigenvalue weighted by atomic mass is 16.5. The molecule has 0 saturated carbocycles. The Morgan fingerprint density at radius 1 is 0.880 bits per heavy atom. The molecule has 3 aromatic carbocycles. The number of methoxy groups -OCH3 is 1. The van der Waals surface area contributed by atoms with E-state index in [9.17, 15) is 4.79 Å². The quantitative estimate of drug-likeness (QED) is 0.468. The first kappa shape index (κ1) is 16.7. The van der Waals surface area contributed by atoms with Crippen LogP contribution in [0.1, 0.15) is 16.7 Å². The number of benzene rings is 3. The fourth-order valence-corrected chi connectivity index (χ4v) is 2.72. The average Bonchev–Trinajstić information content (AvgIpc) is 2.67. The third-order valence-corrected chi connectivity index (χ3v) is 3.99. The summed E-state index contributed by atoms with van der Waals surface area (Å²) in [6.07, 6.45) is 2.29. The Morgan fingerprint density at radius 3 is 2.24 bits per heavy atom. The molecular weight excluding hydrogens is 308 g/mol. The van der Waals surface area contributed by atoms with E-state index < -0.39 is 0 Å². The van der Waals surface area contributed by atoms with Crippen LogP contribution >= 0.6 is 0 Å². The largest absolute Gasteiger partial charge is 0.497 e. The number of Topliss-reactive ketones (excluding diaryl/α,β-unsaturated/α-hetero) is 1. The molecule has 0 fully saturated rings. The van der Waals surface area contributed by atoms with Crippen molar-refractivity contribution >= 4 is 17.4 Å². The van der Waals surface area contributed by atoms with Crippen molar-refractivity contribution in [1.29, 1.82) is 0 Å². The number of allylic oxidation sites excluding steroid dienone is 1. The summed E-state index contributed by atoms with van der Waals surface area (Å²) in [6, 6.07) is 27.4. The Kier molecular flexibility index (Phi) is 5.43. The van der Waals surface area contributed by atoms with E-state index in [2.05, 4.69) is 0 Å². The number of carbonyl (C=O) groups is 1. The minimum absolute atomic E-state index is 0.0864. The maximum atomic E-state index is 13.0. The first-order valence-electron chi connectivity index (χ1n) is 8.24. The molecule has 0 amide bonds. The molecular formula is C23H20O2. The molecule has 25 heavy (non-hydrogen) atoms.